The van der Waals surface area contributed by atoms with E-state index >= 15 is 0 Å². The Labute approximate surface area is 121 Å². The summed E-state index contributed by atoms with van der Waals surface area (Å²) < 4.78 is 7.30. The van der Waals surface area contributed by atoms with E-state index in [2.05, 4.69) is 15.5 Å². The Balaban J connectivity index is 1.95. The third-order valence-corrected chi connectivity index (χ3v) is 4.29. The minimum atomic E-state index is -0.112. The van der Waals surface area contributed by atoms with Gasteiger partial charge in [0.1, 0.15) is 5.75 Å². The van der Waals surface area contributed by atoms with Crippen LogP contribution in [0, 0.1) is 0 Å². The highest BCUT2D eigenvalue weighted by molar-refractivity contribution is 7.99. The number of rotatable bonds is 5. The van der Waals surface area contributed by atoms with E-state index in [9.17, 15) is 0 Å². The number of tetrazole rings is 1. The summed E-state index contributed by atoms with van der Waals surface area (Å²) in [5.41, 5.74) is 7.07. The first kappa shape index (κ1) is 13.4. The van der Waals surface area contributed by atoms with Crippen LogP contribution in [0.5, 0.6) is 5.75 Å². The van der Waals surface area contributed by atoms with Gasteiger partial charge < -0.3 is 10.5 Å². The molecule has 1 fully saturated rings. The third-order valence-electron chi connectivity index (χ3n) is 3.26. The second-order valence-electron chi connectivity index (χ2n) is 4.90. The number of methoxy groups -OCH3 is 1. The quantitative estimate of drug-likeness (QED) is 0.909. The molecule has 0 spiro atoms. The summed E-state index contributed by atoms with van der Waals surface area (Å²) in [6, 6.07) is 6.25. The first-order valence-electron chi connectivity index (χ1n) is 6.59. The Bertz CT molecular complexity index is 609. The molecule has 20 heavy (non-hydrogen) atoms. The fraction of sp³-hybridized carbons (Fsp3) is 0.462. The van der Waals surface area contributed by atoms with Gasteiger partial charge in [0, 0.05) is 16.5 Å². The molecule has 1 saturated carbocycles. The van der Waals surface area contributed by atoms with Gasteiger partial charge in [-0.3, -0.25) is 0 Å². The summed E-state index contributed by atoms with van der Waals surface area (Å²) in [5, 5.41) is 12.8. The number of hydrogen-bond donors (Lipinski definition) is 1. The van der Waals surface area contributed by atoms with Crippen molar-refractivity contribution >= 4 is 11.8 Å². The van der Waals surface area contributed by atoms with Crippen LogP contribution in [-0.4, -0.2) is 27.3 Å². The molecule has 1 atom stereocenters. The van der Waals surface area contributed by atoms with Crippen molar-refractivity contribution in [1.29, 1.82) is 0 Å². The van der Waals surface area contributed by atoms with Crippen molar-refractivity contribution in [2.24, 2.45) is 5.73 Å². The predicted octanol–water partition coefficient (Wildman–Crippen LogP) is 2.19. The van der Waals surface area contributed by atoms with Crippen molar-refractivity contribution < 1.29 is 4.74 Å². The van der Waals surface area contributed by atoms with Crippen molar-refractivity contribution in [2.45, 2.75) is 41.9 Å². The van der Waals surface area contributed by atoms with E-state index in [-0.39, 0.29) is 6.04 Å². The van der Waals surface area contributed by atoms with Gasteiger partial charge in [-0.2, -0.15) is 0 Å². The molecule has 7 heteroatoms. The van der Waals surface area contributed by atoms with Crippen LogP contribution in [0.1, 0.15) is 37.4 Å². The summed E-state index contributed by atoms with van der Waals surface area (Å²) in [5.74, 6) is 0.801. The Morgan fingerprint density at radius 1 is 1.45 bits per heavy atom. The van der Waals surface area contributed by atoms with E-state index in [1.807, 2.05) is 29.8 Å². The lowest BCUT2D eigenvalue weighted by atomic mass is 10.1. The lowest BCUT2D eigenvalue weighted by Gasteiger charge is -2.15. The fourth-order valence-corrected chi connectivity index (χ4v) is 3.24. The second-order valence-corrected chi connectivity index (χ2v) is 5.91. The van der Waals surface area contributed by atoms with Gasteiger partial charge in [0.25, 0.3) is 0 Å². The zero-order valence-electron chi connectivity index (χ0n) is 11.5. The zero-order valence-corrected chi connectivity index (χ0v) is 12.3. The van der Waals surface area contributed by atoms with Crippen LogP contribution in [-0.2, 0) is 0 Å². The third kappa shape index (κ3) is 2.51. The number of benzene rings is 1. The van der Waals surface area contributed by atoms with Gasteiger partial charge in [0.2, 0.25) is 5.16 Å². The smallest absolute Gasteiger partial charge is 0.214 e. The molecule has 0 saturated heterocycles. The van der Waals surface area contributed by atoms with E-state index in [0.717, 1.165) is 34.2 Å². The molecular weight excluding hydrogens is 274 g/mol. The standard InChI is InChI=1S/C13H17N5OS/c1-8(14)12-10(19-2)4-3-5-11(12)20-13-15-16-17-18(13)9-6-7-9/h3-5,8-9H,6-7,14H2,1-2H3/t8-/m0/s1. The van der Waals surface area contributed by atoms with E-state index in [1.165, 1.54) is 0 Å². The SMILES string of the molecule is COc1cccc(Sc2nnnn2C2CC2)c1[C@H](C)N. The maximum absolute atomic E-state index is 6.08. The molecule has 0 amide bonds. The van der Waals surface area contributed by atoms with Gasteiger partial charge in [-0.25, -0.2) is 4.68 Å². The van der Waals surface area contributed by atoms with Crippen molar-refractivity contribution in [3.8, 4) is 5.75 Å². The average molecular weight is 291 g/mol. The summed E-state index contributed by atoms with van der Waals surface area (Å²) in [6.07, 6.45) is 2.30. The van der Waals surface area contributed by atoms with Gasteiger partial charge in [0.15, 0.2) is 0 Å². The Hall–Kier alpha value is -1.60. The monoisotopic (exact) mass is 291 g/mol. The number of ether oxygens (including phenoxy) is 1. The van der Waals surface area contributed by atoms with Gasteiger partial charge >= 0.3 is 0 Å². The molecule has 1 heterocycles. The molecule has 3 rings (SSSR count). The van der Waals surface area contributed by atoms with Crippen molar-refractivity contribution in [3.05, 3.63) is 23.8 Å². The van der Waals surface area contributed by atoms with Crippen LogP contribution in [0.3, 0.4) is 0 Å². The highest BCUT2D eigenvalue weighted by Crippen LogP contribution is 2.40. The Morgan fingerprint density at radius 2 is 2.25 bits per heavy atom. The molecule has 1 aliphatic rings. The van der Waals surface area contributed by atoms with Crippen LogP contribution in [0.4, 0.5) is 0 Å². The maximum atomic E-state index is 6.08. The van der Waals surface area contributed by atoms with Crippen molar-refractivity contribution in [2.75, 3.05) is 7.11 Å². The van der Waals surface area contributed by atoms with Crippen LogP contribution in [0.25, 0.3) is 0 Å². The van der Waals surface area contributed by atoms with Crippen LogP contribution in [0.15, 0.2) is 28.3 Å². The average Bonchev–Trinajstić information content (AvgIpc) is 3.18. The fourth-order valence-electron chi connectivity index (χ4n) is 2.14. The molecule has 0 aliphatic heterocycles. The molecule has 0 radical (unpaired) electrons. The minimum absolute atomic E-state index is 0.112. The molecule has 1 aromatic heterocycles. The van der Waals surface area contributed by atoms with Crippen molar-refractivity contribution in [3.63, 3.8) is 0 Å². The molecule has 0 unspecified atom stereocenters. The molecule has 2 aromatic rings. The van der Waals surface area contributed by atoms with Crippen molar-refractivity contribution in [1.82, 2.24) is 20.2 Å². The largest absolute Gasteiger partial charge is 0.496 e. The first-order chi connectivity index (χ1) is 9.70. The Morgan fingerprint density at radius 3 is 2.90 bits per heavy atom. The minimum Gasteiger partial charge on any atom is -0.496 e. The van der Waals surface area contributed by atoms with Gasteiger partial charge in [0.05, 0.1) is 13.2 Å². The zero-order chi connectivity index (χ0) is 14.1. The highest BCUT2D eigenvalue weighted by Gasteiger charge is 2.28. The predicted molar refractivity (Wildman–Crippen MR) is 75.8 cm³/mol. The van der Waals surface area contributed by atoms with Gasteiger partial charge in [-0.05, 0) is 54.1 Å². The lowest BCUT2D eigenvalue weighted by molar-refractivity contribution is 0.405. The Kier molecular flexibility index (Phi) is 3.62. The number of hydrogen-bond acceptors (Lipinski definition) is 6. The number of nitrogens with zero attached hydrogens (tertiary/aromatic N) is 4. The molecule has 6 nitrogen and oxygen atoms in total. The van der Waals surface area contributed by atoms with E-state index in [0.29, 0.717) is 6.04 Å². The summed E-state index contributed by atoms with van der Waals surface area (Å²) in [4.78, 5) is 1.04. The highest BCUT2D eigenvalue weighted by atomic mass is 32.2. The van der Waals surface area contributed by atoms with Crippen LogP contribution in [0.2, 0.25) is 0 Å². The molecule has 1 aromatic carbocycles. The molecule has 106 valence electrons. The second kappa shape index (κ2) is 5.41. The first-order valence-corrected chi connectivity index (χ1v) is 7.40. The summed E-state index contributed by atoms with van der Waals surface area (Å²) in [6.45, 7) is 1.95. The van der Waals surface area contributed by atoms with E-state index in [1.54, 1.807) is 18.9 Å². The molecular formula is C13H17N5OS. The number of nitrogens with two attached hydrogens (primary N) is 1. The molecule has 0 bridgehead atoms. The molecule has 1 aliphatic carbocycles. The van der Waals surface area contributed by atoms with E-state index in [4.69, 9.17) is 10.5 Å². The van der Waals surface area contributed by atoms with Crippen LogP contribution < -0.4 is 10.5 Å². The summed E-state index contributed by atoms with van der Waals surface area (Å²) >= 11 is 1.54. The molecule has 2 N–H and O–H groups in total. The van der Waals surface area contributed by atoms with Crippen LogP contribution >= 0.6 is 11.8 Å². The lowest BCUT2D eigenvalue weighted by Crippen LogP contribution is -2.09. The number of aromatic nitrogens is 4. The maximum Gasteiger partial charge on any atom is 0.214 e. The normalized spacial score (nSPS) is 16.1. The van der Waals surface area contributed by atoms with Gasteiger partial charge in [-0.15, -0.1) is 5.10 Å². The topological polar surface area (TPSA) is 78.9 Å². The van der Waals surface area contributed by atoms with E-state index < -0.39 is 0 Å². The van der Waals surface area contributed by atoms with Gasteiger partial charge in [-0.1, -0.05) is 6.07 Å². The summed E-state index contributed by atoms with van der Waals surface area (Å²) in [7, 11) is 1.66.